The Morgan fingerprint density at radius 1 is 0.870 bits per heavy atom. The second kappa shape index (κ2) is 7.95. The Bertz CT molecular complexity index is 735. The van der Waals surface area contributed by atoms with Crippen LogP contribution >= 0.6 is 12.4 Å². The number of benzene rings is 2. The molecule has 1 N–H and O–H groups in total. The lowest BCUT2D eigenvalue weighted by Crippen LogP contribution is -2.11. The highest BCUT2D eigenvalue weighted by Gasteiger charge is 2.05. The molecule has 0 unspecified atom stereocenters. The minimum absolute atomic E-state index is 0. The molecular formula is C19H19ClFNO. The first-order chi connectivity index (χ1) is 10.7. The monoisotopic (exact) mass is 331 g/mol. The van der Waals surface area contributed by atoms with Crippen molar-refractivity contribution < 1.29 is 8.81 Å². The molecule has 0 bridgehead atoms. The Morgan fingerprint density at radius 3 is 2.26 bits per heavy atom. The number of nitrogens with one attached hydrogen (secondary N) is 1. The van der Waals surface area contributed by atoms with Crippen LogP contribution in [0.5, 0.6) is 0 Å². The normalized spacial score (nSPS) is 10.3. The fourth-order valence-electron chi connectivity index (χ4n) is 2.28. The Kier molecular flexibility index (Phi) is 5.97. The van der Waals surface area contributed by atoms with Gasteiger partial charge in [0.25, 0.3) is 0 Å². The van der Waals surface area contributed by atoms with Gasteiger partial charge in [-0.3, -0.25) is 0 Å². The Balaban J connectivity index is 0.00000192. The summed E-state index contributed by atoms with van der Waals surface area (Å²) in [6.07, 6.45) is 0. The summed E-state index contributed by atoms with van der Waals surface area (Å²) in [6, 6.07) is 18.6. The lowest BCUT2D eigenvalue weighted by atomic mass is 10.1. The number of halogens is 2. The largest absolute Gasteiger partial charge is 0.460 e. The van der Waals surface area contributed by atoms with Gasteiger partial charge in [-0.05, 0) is 48.9 Å². The zero-order chi connectivity index (χ0) is 15.4. The fraction of sp³-hybridized carbons (Fsp3) is 0.158. The molecule has 0 radical (unpaired) electrons. The molecule has 0 spiro atoms. The van der Waals surface area contributed by atoms with E-state index in [0.717, 1.165) is 23.6 Å². The van der Waals surface area contributed by atoms with Crippen LogP contribution in [0.3, 0.4) is 0 Å². The predicted molar refractivity (Wildman–Crippen MR) is 93.1 cm³/mol. The van der Waals surface area contributed by atoms with Crippen molar-refractivity contribution in [3.63, 3.8) is 0 Å². The first-order valence-corrected chi connectivity index (χ1v) is 7.31. The third-order valence-electron chi connectivity index (χ3n) is 3.54. The molecule has 2 nitrogen and oxygen atoms in total. The van der Waals surface area contributed by atoms with Crippen molar-refractivity contribution >= 4 is 12.4 Å². The first kappa shape index (κ1) is 17.3. The van der Waals surface area contributed by atoms with Crippen molar-refractivity contribution in [2.24, 2.45) is 0 Å². The number of aryl methyl sites for hydroxylation is 1. The van der Waals surface area contributed by atoms with Crippen LogP contribution in [0.25, 0.3) is 11.3 Å². The molecule has 0 aliphatic heterocycles. The van der Waals surface area contributed by atoms with Gasteiger partial charge in [-0.2, -0.15) is 0 Å². The Hall–Kier alpha value is -2.10. The summed E-state index contributed by atoms with van der Waals surface area (Å²) in [7, 11) is 0. The molecule has 3 rings (SSSR count). The summed E-state index contributed by atoms with van der Waals surface area (Å²) in [6.45, 7) is 3.54. The van der Waals surface area contributed by atoms with E-state index in [2.05, 4.69) is 36.5 Å². The number of hydrogen-bond donors (Lipinski definition) is 1. The van der Waals surface area contributed by atoms with Crippen molar-refractivity contribution in [3.05, 3.63) is 83.4 Å². The topological polar surface area (TPSA) is 25.2 Å². The van der Waals surface area contributed by atoms with E-state index in [1.165, 1.54) is 23.3 Å². The van der Waals surface area contributed by atoms with E-state index in [0.29, 0.717) is 6.54 Å². The van der Waals surface area contributed by atoms with Crippen LogP contribution in [-0.2, 0) is 13.1 Å². The minimum Gasteiger partial charge on any atom is -0.460 e. The summed E-state index contributed by atoms with van der Waals surface area (Å²) >= 11 is 0. The zero-order valence-corrected chi connectivity index (χ0v) is 13.7. The van der Waals surface area contributed by atoms with Gasteiger partial charge in [-0.15, -0.1) is 12.4 Å². The maximum Gasteiger partial charge on any atom is 0.134 e. The molecule has 0 amide bonds. The SMILES string of the molecule is Cc1ccc(CNCc2ccc(-c3ccc(F)cc3)o2)cc1.Cl. The molecule has 0 saturated carbocycles. The second-order valence-corrected chi connectivity index (χ2v) is 5.36. The van der Waals surface area contributed by atoms with E-state index < -0.39 is 0 Å². The molecular weight excluding hydrogens is 313 g/mol. The van der Waals surface area contributed by atoms with Crippen LogP contribution in [0.15, 0.2) is 65.1 Å². The molecule has 3 aromatic rings. The van der Waals surface area contributed by atoms with E-state index in [9.17, 15) is 4.39 Å². The van der Waals surface area contributed by atoms with Crippen molar-refractivity contribution in [2.45, 2.75) is 20.0 Å². The number of rotatable bonds is 5. The maximum atomic E-state index is 12.9. The van der Waals surface area contributed by atoms with Crippen LogP contribution in [-0.4, -0.2) is 0 Å². The molecule has 0 aliphatic rings. The molecule has 1 heterocycles. The molecule has 120 valence electrons. The van der Waals surface area contributed by atoms with Crippen LogP contribution in [0.2, 0.25) is 0 Å². The van der Waals surface area contributed by atoms with Gasteiger partial charge in [0.2, 0.25) is 0 Å². The fourth-order valence-corrected chi connectivity index (χ4v) is 2.28. The summed E-state index contributed by atoms with van der Waals surface area (Å²) < 4.78 is 18.7. The smallest absolute Gasteiger partial charge is 0.134 e. The summed E-state index contributed by atoms with van der Waals surface area (Å²) in [5.74, 6) is 1.38. The van der Waals surface area contributed by atoms with Gasteiger partial charge < -0.3 is 9.73 Å². The van der Waals surface area contributed by atoms with E-state index in [-0.39, 0.29) is 18.2 Å². The lowest BCUT2D eigenvalue weighted by Gasteiger charge is -2.03. The van der Waals surface area contributed by atoms with E-state index >= 15 is 0 Å². The standard InChI is InChI=1S/C19H18FNO.ClH/c1-14-2-4-15(5-3-14)12-21-13-18-10-11-19(22-18)16-6-8-17(20)9-7-16;/h2-11,21H,12-13H2,1H3;1H. The zero-order valence-electron chi connectivity index (χ0n) is 12.9. The van der Waals surface area contributed by atoms with Gasteiger partial charge in [0.15, 0.2) is 0 Å². The summed E-state index contributed by atoms with van der Waals surface area (Å²) in [5.41, 5.74) is 3.39. The van der Waals surface area contributed by atoms with E-state index in [4.69, 9.17) is 4.42 Å². The molecule has 4 heteroatoms. The van der Waals surface area contributed by atoms with Crippen molar-refractivity contribution in [2.75, 3.05) is 0 Å². The molecule has 0 saturated heterocycles. The van der Waals surface area contributed by atoms with Crippen molar-refractivity contribution in [1.29, 1.82) is 0 Å². The van der Waals surface area contributed by atoms with E-state index in [1.54, 1.807) is 12.1 Å². The maximum absolute atomic E-state index is 12.9. The van der Waals surface area contributed by atoms with E-state index in [1.807, 2.05) is 12.1 Å². The molecule has 0 atom stereocenters. The molecule has 1 aromatic heterocycles. The first-order valence-electron chi connectivity index (χ1n) is 7.31. The highest BCUT2D eigenvalue weighted by molar-refractivity contribution is 5.85. The molecule has 0 aliphatic carbocycles. The second-order valence-electron chi connectivity index (χ2n) is 5.36. The van der Waals surface area contributed by atoms with Crippen LogP contribution in [0.1, 0.15) is 16.9 Å². The molecule has 23 heavy (non-hydrogen) atoms. The molecule has 2 aromatic carbocycles. The highest BCUT2D eigenvalue weighted by atomic mass is 35.5. The van der Waals surface area contributed by atoms with Gasteiger partial charge in [0.05, 0.1) is 6.54 Å². The van der Waals surface area contributed by atoms with Gasteiger partial charge in [-0.1, -0.05) is 29.8 Å². The highest BCUT2D eigenvalue weighted by Crippen LogP contribution is 2.22. The van der Waals surface area contributed by atoms with Crippen molar-refractivity contribution in [3.8, 4) is 11.3 Å². The number of hydrogen-bond acceptors (Lipinski definition) is 2. The molecule has 0 fully saturated rings. The van der Waals surface area contributed by atoms with Crippen LogP contribution in [0, 0.1) is 12.7 Å². The van der Waals surface area contributed by atoms with Gasteiger partial charge in [0, 0.05) is 12.1 Å². The number of furan rings is 1. The van der Waals surface area contributed by atoms with Gasteiger partial charge in [-0.25, -0.2) is 4.39 Å². The van der Waals surface area contributed by atoms with Crippen LogP contribution < -0.4 is 5.32 Å². The predicted octanol–water partition coefficient (Wildman–Crippen LogP) is 5.11. The Morgan fingerprint density at radius 2 is 1.57 bits per heavy atom. The van der Waals surface area contributed by atoms with Crippen LogP contribution in [0.4, 0.5) is 4.39 Å². The van der Waals surface area contributed by atoms with Gasteiger partial charge in [0.1, 0.15) is 17.3 Å². The lowest BCUT2D eigenvalue weighted by molar-refractivity contribution is 0.493. The van der Waals surface area contributed by atoms with Crippen molar-refractivity contribution in [1.82, 2.24) is 5.32 Å². The third-order valence-corrected chi connectivity index (χ3v) is 3.54. The average molecular weight is 332 g/mol. The van der Waals surface area contributed by atoms with Gasteiger partial charge >= 0.3 is 0 Å². The summed E-state index contributed by atoms with van der Waals surface area (Å²) in [5, 5.41) is 3.36. The minimum atomic E-state index is -0.240. The quantitative estimate of drug-likeness (QED) is 0.703. The summed E-state index contributed by atoms with van der Waals surface area (Å²) in [4.78, 5) is 0. The Labute approximate surface area is 141 Å². The third kappa shape index (κ3) is 4.68. The average Bonchev–Trinajstić information content (AvgIpc) is 2.99.